The molecule has 0 bridgehead atoms. The Labute approximate surface area is 123 Å². The molecule has 3 heteroatoms. The summed E-state index contributed by atoms with van der Waals surface area (Å²) in [6.07, 6.45) is 2.43. The van der Waals surface area contributed by atoms with Gasteiger partial charge in [-0.2, -0.15) is 0 Å². The van der Waals surface area contributed by atoms with Crippen LogP contribution in [0.15, 0.2) is 24.3 Å². The number of para-hydroxylation sites is 1. The molecule has 0 saturated heterocycles. The fraction of sp³-hybridized carbons (Fsp3) is 0.647. The number of hydrogen-bond donors (Lipinski definition) is 1. The van der Waals surface area contributed by atoms with Crippen LogP contribution in [0.5, 0.6) is 5.75 Å². The van der Waals surface area contributed by atoms with Gasteiger partial charge in [0.15, 0.2) is 0 Å². The molecule has 1 aromatic rings. The van der Waals surface area contributed by atoms with Gasteiger partial charge in [0, 0.05) is 5.56 Å². The lowest BCUT2D eigenvalue weighted by Crippen LogP contribution is -2.28. The molecule has 0 heterocycles. The average molecular weight is 279 g/mol. The maximum Gasteiger partial charge on any atom is 0.124 e. The van der Waals surface area contributed by atoms with Gasteiger partial charge in [-0.1, -0.05) is 32.0 Å². The third-order valence-electron chi connectivity index (χ3n) is 3.36. The second-order valence-corrected chi connectivity index (χ2v) is 5.03. The Morgan fingerprint density at radius 2 is 1.90 bits per heavy atom. The summed E-state index contributed by atoms with van der Waals surface area (Å²) in [5.41, 5.74) is 1.19. The highest BCUT2D eigenvalue weighted by Gasteiger charge is 2.16. The van der Waals surface area contributed by atoms with E-state index in [4.69, 9.17) is 9.47 Å². The van der Waals surface area contributed by atoms with Gasteiger partial charge in [0.1, 0.15) is 5.75 Å². The lowest BCUT2D eigenvalue weighted by Gasteiger charge is -2.23. The van der Waals surface area contributed by atoms with Gasteiger partial charge in [-0.15, -0.1) is 0 Å². The van der Waals surface area contributed by atoms with Crippen molar-refractivity contribution in [2.24, 2.45) is 0 Å². The topological polar surface area (TPSA) is 30.5 Å². The molecule has 0 aromatic heterocycles. The van der Waals surface area contributed by atoms with Gasteiger partial charge in [-0.3, -0.25) is 0 Å². The lowest BCUT2D eigenvalue weighted by atomic mass is 10.1. The Kier molecular flexibility index (Phi) is 8.31. The summed E-state index contributed by atoms with van der Waals surface area (Å²) in [6, 6.07) is 8.41. The second-order valence-electron chi connectivity index (χ2n) is 5.03. The molecule has 0 saturated carbocycles. The van der Waals surface area contributed by atoms with Crippen LogP contribution in [0.3, 0.4) is 0 Å². The summed E-state index contributed by atoms with van der Waals surface area (Å²) in [6.45, 7) is 10.8. The van der Waals surface area contributed by atoms with Crippen LogP contribution in [0.4, 0.5) is 0 Å². The Balaban J connectivity index is 2.80. The van der Waals surface area contributed by atoms with Gasteiger partial charge >= 0.3 is 0 Å². The van der Waals surface area contributed by atoms with E-state index in [2.05, 4.69) is 38.2 Å². The lowest BCUT2D eigenvalue weighted by molar-refractivity contribution is 0.0469. The van der Waals surface area contributed by atoms with Crippen molar-refractivity contribution in [3.63, 3.8) is 0 Å². The molecule has 2 atom stereocenters. The van der Waals surface area contributed by atoms with Crippen molar-refractivity contribution in [1.82, 2.24) is 5.32 Å². The first-order valence-electron chi connectivity index (χ1n) is 7.79. The maximum absolute atomic E-state index is 5.92. The predicted molar refractivity (Wildman–Crippen MR) is 84.4 cm³/mol. The Morgan fingerprint density at radius 3 is 2.55 bits per heavy atom. The van der Waals surface area contributed by atoms with Crippen LogP contribution in [0.2, 0.25) is 0 Å². The molecule has 0 aliphatic rings. The minimum absolute atomic E-state index is 0.187. The first-order chi connectivity index (χ1) is 9.72. The first-order valence-corrected chi connectivity index (χ1v) is 7.79. The van der Waals surface area contributed by atoms with Gasteiger partial charge in [-0.25, -0.2) is 0 Å². The molecule has 0 radical (unpaired) electrons. The van der Waals surface area contributed by atoms with Crippen molar-refractivity contribution in [2.45, 2.75) is 52.7 Å². The molecule has 3 nitrogen and oxygen atoms in total. The molecule has 2 unspecified atom stereocenters. The summed E-state index contributed by atoms with van der Waals surface area (Å²) in [7, 11) is 0. The molecule has 1 N–H and O–H groups in total. The Hall–Kier alpha value is -1.06. The first kappa shape index (κ1) is 17.0. The van der Waals surface area contributed by atoms with Crippen LogP contribution in [-0.2, 0) is 4.74 Å². The van der Waals surface area contributed by atoms with Gasteiger partial charge in [0.05, 0.1) is 25.4 Å². The zero-order chi connectivity index (χ0) is 14.8. The van der Waals surface area contributed by atoms with Crippen LogP contribution in [0, 0.1) is 0 Å². The monoisotopic (exact) mass is 279 g/mol. The molecule has 0 spiro atoms. The molecule has 0 fully saturated rings. The van der Waals surface area contributed by atoms with E-state index in [9.17, 15) is 0 Å². The molecule has 1 aromatic carbocycles. The van der Waals surface area contributed by atoms with E-state index in [1.54, 1.807) is 0 Å². The fourth-order valence-electron chi connectivity index (χ4n) is 2.01. The van der Waals surface area contributed by atoms with Crippen molar-refractivity contribution in [3.05, 3.63) is 29.8 Å². The zero-order valence-electron chi connectivity index (χ0n) is 13.3. The minimum atomic E-state index is 0.187. The van der Waals surface area contributed by atoms with Crippen molar-refractivity contribution < 1.29 is 9.47 Å². The molecular weight excluding hydrogens is 250 g/mol. The van der Waals surface area contributed by atoms with Crippen LogP contribution in [-0.4, -0.2) is 25.9 Å². The summed E-state index contributed by atoms with van der Waals surface area (Å²) < 4.78 is 11.7. The standard InChI is InChI=1S/C17H29NO2/c1-5-12-18-16(13-20-14(4)6-2)15-10-8-9-11-17(15)19-7-3/h8-11,14,16,18H,5-7,12-13H2,1-4H3. The molecule has 0 amide bonds. The summed E-state index contributed by atoms with van der Waals surface area (Å²) >= 11 is 0. The van der Waals surface area contributed by atoms with E-state index in [-0.39, 0.29) is 6.04 Å². The highest BCUT2D eigenvalue weighted by atomic mass is 16.5. The van der Waals surface area contributed by atoms with Crippen LogP contribution < -0.4 is 10.1 Å². The second kappa shape index (κ2) is 9.78. The zero-order valence-corrected chi connectivity index (χ0v) is 13.3. The Bertz CT molecular complexity index is 368. The molecule has 0 aliphatic carbocycles. The van der Waals surface area contributed by atoms with Gasteiger partial charge in [-0.05, 0) is 39.3 Å². The van der Waals surface area contributed by atoms with Gasteiger partial charge < -0.3 is 14.8 Å². The van der Waals surface area contributed by atoms with Crippen molar-refractivity contribution in [3.8, 4) is 5.75 Å². The molecule has 114 valence electrons. The smallest absolute Gasteiger partial charge is 0.124 e. The summed E-state index contributed by atoms with van der Waals surface area (Å²) in [5, 5.41) is 3.56. The van der Waals surface area contributed by atoms with Crippen LogP contribution in [0.1, 0.15) is 52.1 Å². The van der Waals surface area contributed by atoms with Crippen LogP contribution >= 0.6 is 0 Å². The summed E-state index contributed by atoms with van der Waals surface area (Å²) in [5.74, 6) is 0.955. The largest absolute Gasteiger partial charge is 0.494 e. The van der Waals surface area contributed by atoms with E-state index in [0.717, 1.165) is 25.1 Å². The van der Waals surface area contributed by atoms with E-state index in [1.165, 1.54) is 5.56 Å². The predicted octanol–water partition coefficient (Wildman–Crippen LogP) is 3.94. The van der Waals surface area contributed by atoms with Gasteiger partial charge in [0.2, 0.25) is 0 Å². The molecule has 20 heavy (non-hydrogen) atoms. The third kappa shape index (κ3) is 5.51. The fourth-order valence-corrected chi connectivity index (χ4v) is 2.01. The summed E-state index contributed by atoms with van der Waals surface area (Å²) in [4.78, 5) is 0. The van der Waals surface area contributed by atoms with Crippen molar-refractivity contribution in [1.29, 1.82) is 0 Å². The number of rotatable bonds is 10. The average Bonchev–Trinajstić information content (AvgIpc) is 2.48. The third-order valence-corrected chi connectivity index (χ3v) is 3.36. The number of ether oxygens (including phenoxy) is 2. The minimum Gasteiger partial charge on any atom is -0.494 e. The van der Waals surface area contributed by atoms with E-state index in [0.29, 0.717) is 19.3 Å². The van der Waals surface area contributed by atoms with Crippen molar-refractivity contribution >= 4 is 0 Å². The maximum atomic E-state index is 5.92. The normalized spacial score (nSPS) is 14.0. The van der Waals surface area contributed by atoms with Crippen molar-refractivity contribution in [2.75, 3.05) is 19.8 Å². The quantitative estimate of drug-likeness (QED) is 0.703. The number of nitrogens with one attached hydrogen (secondary N) is 1. The molecule has 0 aliphatic heterocycles. The number of hydrogen-bond acceptors (Lipinski definition) is 3. The van der Waals surface area contributed by atoms with Crippen LogP contribution in [0.25, 0.3) is 0 Å². The molecule has 1 rings (SSSR count). The van der Waals surface area contributed by atoms with E-state index >= 15 is 0 Å². The Morgan fingerprint density at radius 1 is 1.15 bits per heavy atom. The SMILES string of the molecule is CCCNC(COC(C)CC)c1ccccc1OCC. The number of benzene rings is 1. The molecular formula is C17H29NO2. The van der Waals surface area contributed by atoms with Gasteiger partial charge in [0.25, 0.3) is 0 Å². The highest BCUT2D eigenvalue weighted by Crippen LogP contribution is 2.25. The highest BCUT2D eigenvalue weighted by molar-refractivity contribution is 5.36. The van der Waals surface area contributed by atoms with E-state index in [1.807, 2.05) is 19.1 Å². The van der Waals surface area contributed by atoms with E-state index < -0.39 is 0 Å².